The zero-order valence-electron chi connectivity index (χ0n) is 8.64. The van der Waals surface area contributed by atoms with E-state index in [1.54, 1.807) is 11.9 Å². The molecule has 1 aliphatic rings. The lowest BCUT2D eigenvalue weighted by atomic mass is 10.1. The second kappa shape index (κ2) is 4.10. The number of fused-ring (bicyclic) bond motifs is 1. The lowest BCUT2D eigenvalue weighted by Gasteiger charge is -2.18. The lowest BCUT2D eigenvalue weighted by Crippen LogP contribution is -2.05. The fourth-order valence-electron chi connectivity index (χ4n) is 1.75. The SMILES string of the molecule is c1ccc(-c2ccc3c(c2)NSCO3)cc1. The molecule has 2 aromatic rings. The number of hydrogen-bond acceptors (Lipinski definition) is 3. The third kappa shape index (κ3) is 1.74. The van der Waals surface area contributed by atoms with Gasteiger partial charge in [0.05, 0.1) is 5.69 Å². The van der Waals surface area contributed by atoms with E-state index in [0.717, 1.165) is 11.4 Å². The standard InChI is InChI=1S/C13H11NOS/c1-2-4-10(5-3-1)11-6-7-13-12(8-11)14-16-9-15-13/h1-8,14H,9H2. The zero-order valence-corrected chi connectivity index (χ0v) is 9.46. The highest BCUT2D eigenvalue weighted by Crippen LogP contribution is 2.35. The highest BCUT2D eigenvalue weighted by molar-refractivity contribution is 8.00. The Kier molecular flexibility index (Phi) is 2.46. The number of benzene rings is 2. The summed E-state index contributed by atoms with van der Waals surface area (Å²) in [6.07, 6.45) is 0. The van der Waals surface area contributed by atoms with Crippen LogP contribution in [0.5, 0.6) is 5.75 Å². The highest BCUT2D eigenvalue weighted by atomic mass is 32.2. The average Bonchev–Trinajstić information content (AvgIpc) is 2.39. The normalized spacial score (nSPS) is 13.5. The van der Waals surface area contributed by atoms with Gasteiger partial charge in [-0.1, -0.05) is 36.4 Å². The first-order valence-corrected chi connectivity index (χ1v) is 6.12. The van der Waals surface area contributed by atoms with Gasteiger partial charge >= 0.3 is 0 Å². The molecule has 16 heavy (non-hydrogen) atoms. The van der Waals surface area contributed by atoms with Crippen molar-refractivity contribution < 1.29 is 4.74 Å². The van der Waals surface area contributed by atoms with Gasteiger partial charge in [0.2, 0.25) is 0 Å². The Bertz CT molecular complexity index is 499. The summed E-state index contributed by atoms with van der Waals surface area (Å²) < 4.78 is 8.78. The van der Waals surface area contributed by atoms with E-state index in [4.69, 9.17) is 4.74 Å². The van der Waals surface area contributed by atoms with Gasteiger partial charge in [0.25, 0.3) is 0 Å². The number of hydrogen-bond donors (Lipinski definition) is 1. The molecule has 3 heteroatoms. The number of anilines is 1. The molecule has 2 nitrogen and oxygen atoms in total. The molecule has 0 aliphatic carbocycles. The molecule has 0 aromatic heterocycles. The molecule has 0 spiro atoms. The Labute approximate surface area is 98.8 Å². The molecule has 0 unspecified atom stereocenters. The minimum absolute atomic E-state index is 0.664. The first kappa shape index (κ1) is 9.60. The molecular weight excluding hydrogens is 218 g/mol. The van der Waals surface area contributed by atoms with Gasteiger partial charge in [-0.2, -0.15) is 0 Å². The summed E-state index contributed by atoms with van der Waals surface area (Å²) in [6.45, 7) is 0. The van der Waals surface area contributed by atoms with Gasteiger partial charge in [-0.15, -0.1) is 0 Å². The molecule has 0 atom stereocenters. The number of nitrogens with one attached hydrogen (secondary N) is 1. The van der Waals surface area contributed by atoms with Crippen LogP contribution < -0.4 is 9.46 Å². The molecule has 1 heterocycles. The summed E-state index contributed by atoms with van der Waals surface area (Å²) in [5, 5.41) is 0. The predicted octanol–water partition coefficient (Wildman–Crippen LogP) is 3.76. The van der Waals surface area contributed by atoms with Crippen molar-refractivity contribution >= 4 is 17.6 Å². The fraction of sp³-hybridized carbons (Fsp3) is 0.0769. The fourth-order valence-corrected chi connectivity index (χ4v) is 2.31. The van der Waals surface area contributed by atoms with Crippen LogP contribution in [0.15, 0.2) is 48.5 Å². The molecule has 2 aromatic carbocycles. The zero-order chi connectivity index (χ0) is 10.8. The molecule has 0 saturated carbocycles. The van der Waals surface area contributed by atoms with Crippen molar-refractivity contribution in [2.75, 3.05) is 10.7 Å². The van der Waals surface area contributed by atoms with E-state index in [1.165, 1.54) is 11.1 Å². The molecule has 1 aliphatic heterocycles. The van der Waals surface area contributed by atoms with Gasteiger partial charge in [0.15, 0.2) is 5.94 Å². The van der Waals surface area contributed by atoms with Crippen LogP contribution in [0, 0.1) is 0 Å². The summed E-state index contributed by atoms with van der Waals surface area (Å²) in [5.74, 6) is 1.59. The third-order valence-electron chi connectivity index (χ3n) is 2.54. The van der Waals surface area contributed by atoms with Crippen LogP contribution in [0.4, 0.5) is 5.69 Å². The van der Waals surface area contributed by atoms with Crippen LogP contribution >= 0.6 is 11.9 Å². The molecule has 0 saturated heterocycles. The molecule has 3 rings (SSSR count). The lowest BCUT2D eigenvalue weighted by molar-refractivity contribution is 0.392. The molecule has 1 N–H and O–H groups in total. The van der Waals surface area contributed by atoms with Crippen molar-refractivity contribution in [1.82, 2.24) is 0 Å². The maximum atomic E-state index is 5.51. The highest BCUT2D eigenvalue weighted by Gasteiger charge is 2.10. The summed E-state index contributed by atoms with van der Waals surface area (Å²) in [7, 11) is 0. The van der Waals surface area contributed by atoms with Crippen molar-refractivity contribution in [3.05, 3.63) is 48.5 Å². The summed E-state index contributed by atoms with van der Waals surface area (Å²) in [6, 6.07) is 16.6. The molecule has 80 valence electrons. The first-order chi connectivity index (χ1) is 7.93. The topological polar surface area (TPSA) is 21.3 Å². The third-order valence-corrected chi connectivity index (χ3v) is 3.14. The number of rotatable bonds is 1. The average molecular weight is 229 g/mol. The van der Waals surface area contributed by atoms with E-state index >= 15 is 0 Å². The Hall–Kier alpha value is -1.61. The van der Waals surface area contributed by atoms with Gasteiger partial charge in [0, 0.05) is 0 Å². The van der Waals surface area contributed by atoms with Gasteiger partial charge in [-0.3, -0.25) is 0 Å². The van der Waals surface area contributed by atoms with Crippen LogP contribution in [0.1, 0.15) is 0 Å². The summed E-state index contributed by atoms with van der Waals surface area (Å²) in [4.78, 5) is 0. The van der Waals surface area contributed by atoms with Crippen LogP contribution in [0.25, 0.3) is 11.1 Å². The van der Waals surface area contributed by atoms with Crippen LogP contribution in [0.3, 0.4) is 0 Å². The minimum Gasteiger partial charge on any atom is -0.479 e. The molecule has 0 bridgehead atoms. The van der Waals surface area contributed by atoms with Gasteiger partial charge in [-0.25, -0.2) is 0 Å². The molecular formula is C13H11NOS. The van der Waals surface area contributed by atoms with Crippen molar-refractivity contribution in [1.29, 1.82) is 0 Å². The Morgan fingerprint density at radius 2 is 1.88 bits per heavy atom. The largest absolute Gasteiger partial charge is 0.479 e. The van der Waals surface area contributed by atoms with E-state index in [2.05, 4.69) is 29.0 Å². The van der Waals surface area contributed by atoms with Crippen LogP contribution in [0.2, 0.25) is 0 Å². The van der Waals surface area contributed by atoms with Gasteiger partial charge in [0.1, 0.15) is 5.75 Å². The Morgan fingerprint density at radius 3 is 2.75 bits per heavy atom. The van der Waals surface area contributed by atoms with Gasteiger partial charge in [-0.05, 0) is 35.2 Å². The quantitative estimate of drug-likeness (QED) is 0.752. The van der Waals surface area contributed by atoms with Gasteiger partial charge < -0.3 is 9.46 Å². The maximum absolute atomic E-state index is 5.51. The Balaban J connectivity index is 2.03. The number of ether oxygens (including phenoxy) is 1. The maximum Gasteiger partial charge on any atom is 0.153 e. The first-order valence-electron chi connectivity index (χ1n) is 5.13. The molecule has 0 fully saturated rings. The summed E-state index contributed by atoms with van der Waals surface area (Å²) >= 11 is 1.57. The van der Waals surface area contributed by atoms with Crippen molar-refractivity contribution in [2.45, 2.75) is 0 Å². The second-order valence-electron chi connectivity index (χ2n) is 3.59. The van der Waals surface area contributed by atoms with Crippen molar-refractivity contribution in [3.63, 3.8) is 0 Å². The molecule has 0 amide bonds. The van der Waals surface area contributed by atoms with E-state index in [0.29, 0.717) is 5.94 Å². The van der Waals surface area contributed by atoms with Crippen LogP contribution in [-0.4, -0.2) is 5.94 Å². The van der Waals surface area contributed by atoms with Crippen molar-refractivity contribution in [3.8, 4) is 16.9 Å². The molecule has 0 radical (unpaired) electrons. The van der Waals surface area contributed by atoms with Crippen molar-refractivity contribution in [2.24, 2.45) is 0 Å². The summed E-state index contributed by atoms with van der Waals surface area (Å²) in [5.41, 5.74) is 3.48. The van der Waals surface area contributed by atoms with E-state index in [9.17, 15) is 0 Å². The Morgan fingerprint density at radius 1 is 1.00 bits per heavy atom. The minimum atomic E-state index is 0.664. The van der Waals surface area contributed by atoms with E-state index in [-0.39, 0.29) is 0 Å². The smallest absolute Gasteiger partial charge is 0.153 e. The second-order valence-corrected chi connectivity index (χ2v) is 4.31. The van der Waals surface area contributed by atoms with E-state index < -0.39 is 0 Å². The van der Waals surface area contributed by atoms with Crippen LogP contribution in [-0.2, 0) is 0 Å². The monoisotopic (exact) mass is 229 g/mol. The predicted molar refractivity (Wildman–Crippen MR) is 68.6 cm³/mol. The van der Waals surface area contributed by atoms with E-state index in [1.807, 2.05) is 24.3 Å².